The molecule has 5 nitrogen and oxygen atoms in total. The molecule has 0 spiro atoms. The minimum atomic E-state index is -0.805. The molecule has 1 saturated heterocycles. The van der Waals surface area contributed by atoms with E-state index in [2.05, 4.69) is 26.1 Å². The zero-order valence-electron chi connectivity index (χ0n) is 11.9. The van der Waals surface area contributed by atoms with E-state index in [0.29, 0.717) is 26.1 Å². The quantitative estimate of drug-likeness (QED) is 0.777. The molecule has 1 rings (SSSR count). The van der Waals surface area contributed by atoms with Crippen molar-refractivity contribution in [3.63, 3.8) is 0 Å². The van der Waals surface area contributed by atoms with Crippen LogP contribution in [0.2, 0.25) is 0 Å². The molecule has 110 valence electrons. The lowest BCUT2D eigenvalue weighted by Gasteiger charge is -2.30. The van der Waals surface area contributed by atoms with Crippen LogP contribution in [0.25, 0.3) is 0 Å². The number of carbonyl (C=O) groups excluding carboxylic acids is 1. The maximum Gasteiger partial charge on any atom is 0.317 e. The number of hydrogen-bond acceptors (Lipinski definition) is 3. The number of aliphatic carboxylic acids is 1. The molecule has 2 amide bonds. The van der Waals surface area contributed by atoms with Crippen LogP contribution in [0, 0.1) is 5.92 Å². The molecule has 0 aliphatic carbocycles. The number of rotatable bonds is 4. The van der Waals surface area contributed by atoms with Gasteiger partial charge in [-0.3, -0.25) is 4.79 Å². The molecule has 1 unspecified atom stereocenters. The number of carbonyl (C=O) groups is 2. The van der Waals surface area contributed by atoms with Gasteiger partial charge in [-0.2, -0.15) is 11.8 Å². The summed E-state index contributed by atoms with van der Waals surface area (Å²) in [6, 6.07) is -0.138. The minimum absolute atomic E-state index is 0.138. The van der Waals surface area contributed by atoms with Gasteiger partial charge in [-0.05, 0) is 12.8 Å². The van der Waals surface area contributed by atoms with Crippen LogP contribution in [-0.2, 0) is 4.79 Å². The third-order valence-corrected chi connectivity index (χ3v) is 4.25. The van der Waals surface area contributed by atoms with Crippen LogP contribution < -0.4 is 5.32 Å². The Morgan fingerprint density at radius 1 is 1.42 bits per heavy atom. The van der Waals surface area contributed by atoms with Gasteiger partial charge in [0.2, 0.25) is 0 Å². The van der Waals surface area contributed by atoms with Crippen molar-refractivity contribution in [2.45, 2.75) is 38.4 Å². The van der Waals surface area contributed by atoms with Gasteiger partial charge in [0, 0.05) is 30.1 Å². The SMILES string of the molecule is CC(C)(C)SCCNC(=O)N1CCCC(C(=O)O)C1. The van der Waals surface area contributed by atoms with E-state index < -0.39 is 11.9 Å². The summed E-state index contributed by atoms with van der Waals surface area (Å²) in [7, 11) is 0. The Balaban J connectivity index is 2.27. The van der Waals surface area contributed by atoms with Crippen molar-refractivity contribution in [2.75, 3.05) is 25.4 Å². The summed E-state index contributed by atoms with van der Waals surface area (Å²) >= 11 is 1.80. The van der Waals surface area contributed by atoms with E-state index >= 15 is 0 Å². The third kappa shape index (κ3) is 6.18. The van der Waals surface area contributed by atoms with Crippen LogP contribution >= 0.6 is 11.8 Å². The molecule has 1 aliphatic heterocycles. The largest absolute Gasteiger partial charge is 0.481 e. The normalized spacial score (nSPS) is 20.2. The number of nitrogens with one attached hydrogen (secondary N) is 1. The zero-order chi connectivity index (χ0) is 14.5. The number of amides is 2. The molecule has 0 aromatic heterocycles. The van der Waals surface area contributed by atoms with E-state index in [1.165, 1.54) is 0 Å². The highest BCUT2D eigenvalue weighted by Gasteiger charge is 2.27. The fraction of sp³-hybridized carbons (Fsp3) is 0.846. The van der Waals surface area contributed by atoms with Crippen molar-refractivity contribution in [1.29, 1.82) is 0 Å². The van der Waals surface area contributed by atoms with Crippen molar-refractivity contribution in [2.24, 2.45) is 5.92 Å². The van der Waals surface area contributed by atoms with E-state index in [9.17, 15) is 9.59 Å². The van der Waals surface area contributed by atoms with Crippen LogP contribution in [0.3, 0.4) is 0 Å². The van der Waals surface area contributed by atoms with Crippen molar-refractivity contribution < 1.29 is 14.7 Å². The van der Waals surface area contributed by atoms with Gasteiger partial charge < -0.3 is 15.3 Å². The Kier molecular flexibility index (Phi) is 5.97. The Hall–Kier alpha value is -0.910. The van der Waals surface area contributed by atoms with E-state index in [-0.39, 0.29) is 10.8 Å². The first-order valence-corrected chi connectivity index (χ1v) is 7.68. The number of hydrogen-bond donors (Lipinski definition) is 2. The molecule has 1 aliphatic rings. The molecule has 1 fully saturated rings. The summed E-state index contributed by atoms with van der Waals surface area (Å²) < 4.78 is 0.199. The molecule has 0 bridgehead atoms. The average Bonchev–Trinajstić information content (AvgIpc) is 2.33. The van der Waals surface area contributed by atoms with Crippen LogP contribution in [0.1, 0.15) is 33.6 Å². The summed E-state index contributed by atoms with van der Waals surface area (Å²) in [6.45, 7) is 8.02. The second-order valence-corrected chi connectivity index (χ2v) is 7.74. The lowest BCUT2D eigenvalue weighted by molar-refractivity contribution is -0.143. The Morgan fingerprint density at radius 2 is 2.11 bits per heavy atom. The monoisotopic (exact) mass is 288 g/mol. The third-order valence-electron chi connectivity index (χ3n) is 2.97. The van der Waals surface area contributed by atoms with Crippen molar-refractivity contribution in [3.05, 3.63) is 0 Å². The van der Waals surface area contributed by atoms with Gasteiger partial charge in [-0.25, -0.2) is 4.79 Å². The first kappa shape index (κ1) is 16.1. The Labute approximate surface area is 119 Å². The van der Waals surface area contributed by atoms with Crippen LogP contribution in [0.4, 0.5) is 4.79 Å². The summed E-state index contributed by atoms with van der Waals surface area (Å²) in [5, 5.41) is 11.8. The fourth-order valence-electron chi connectivity index (χ4n) is 1.99. The van der Waals surface area contributed by atoms with Crippen molar-refractivity contribution in [3.8, 4) is 0 Å². The summed E-state index contributed by atoms with van der Waals surface area (Å²) in [5.74, 6) is -0.352. The van der Waals surface area contributed by atoms with E-state index in [1.54, 1.807) is 16.7 Å². The maximum absolute atomic E-state index is 11.9. The van der Waals surface area contributed by atoms with Gasteiger partial charge in [-0.1, -0.05) is 20.8 Å². The molecular weight excluding hydrogens is 264 g/mol. The van der Waals surface area contributed by atoms with Gasteiger partial charge in [-0.15, -0.1) is 0 Å². The highest BCUT2D eigenvalue weighted by molar-refractivity contribution is 8.00. The lowest BCUT2D eigenvalue weighted by Crippen LogP contribution is -2.47. The lowest BCUT2D eigenvalue weighted by atomic mass is 9.99. The van der Waals surface area contributed by atoms with E-state index in [0.717, 1.165) is 12.2 Å². The van der Waals surface area contributed by atoms with Crippen LogP contribution in [0.5, 0.6) is 0 Å². The molecule has 2 N–H and O–H groups in total. The fourth-order valence-corrected chi connectivity index (χ4v) is 2.81. The zero-order valence-corrected chi connectivity index (χ0v) is 12.8. The van der Waals surface area contributed by atoms with Crippen molar-refractivity contribution >= 4 is 23.8 Å². The summed E-state index contributed by atoms with van der Waals surface area (Å²) in [5.41, 5.74) is 0. The van der Waals surface area contributed by atoms with E-state index in [4.69, 9.17) is 5.11 Å². The second kappa shape index (κ2) is 7.03. The number of likely N-dealkylation sites (tertiary alicyclic amines) is 1. The highest BCUT2D eigenvalue weighted by atomic mass is 32.2. The van der Waals surface area contributed by atoms with E-state index in [1.807, 2.05) is 0 Å². The molecular formula is C13H24N2O3S. The number of piperidine rings is 1. The minimum Gasteiger partial charge on any atom is -0.481 e. The first-order valence-electron chi connectivity index (χ1n) is 6.69. The second-order valence-electron chi connectivity index (χ2n) is 5.82. The topological polar surface area (TPSA) is 69.6 Å². The predicted octanol–water partition coefficient (Wildman–Crippen LogP) is 2.02. The van der Waals surface area contributed by atoms with Gasteiger partial charge in [0.15, 0.2) is 0 Å². The molecule has 1 heterocycles. The summed E-state index contributed by atoms with van der Waals surface area (Å²) in [6.07, 6.45) is 1.43. The number of carboxylic acids is 1. The number of carboxylic acid groups (broad SMARTS) is 1. The van der Waals surface area contributed by atoms with Gasteiger partial charge in [0.25, 0.3) is 0 Å². The molecule has 1 atom stereocenters. The first-order chi connectivity index (χ1) is 8.79. The molecule has 0 radical (unpaired) electrons. The molecule has 0 aromatic rings. The smallest absolute Gasteiger partial charge is 0.317 e. The van der Waals surface area contributed by atoms with Gasteiger partial charge >= 0.3 is 12.0 Å². The number of nitrogens with zero attached hydrogens (tertiary/aromatic N) is 1. The molecule has 0 saturated carbocycles. The number of urea groups is 1. The van der Waals surface area contributed by atoms with Gasteiger partial charge in [0.05, 0.1) is 5.92 Å². The average molecular weight is 288 g/mol. The highest BCUT2D eigenvalue weighted by Crippen LogP contribution is 2.22. The number of thioether (sulfide) groups is 1. The molecule has 0 aromatic carbocycles. The predicted molar refractivity (Wildman–Crippen MR) is 77.5 cm³/mol. The standard InChI is InChI=1S/C13H24N2O3S/c1-13(2,3)19-8-6-14-12(18)15-7-4-5-10(9-15)11(16)17/h10H,4-9H2,1-3H3,(H,14,18)(H,16,17). The molecule has 6 heteroatoms. The van der Waals surface area contributed by atoms with Crippen LogP contribution in [0.15, 0.2) is 0 Å². The van der Waals surface area contributed by atoms with Crippen LogP contribution in [-0.4, -0.2) is 52.1 Å². The Bertz CT molecular complexity index is 328. The van der Waals surface area contributed by atoms with Crippen molar-refractivity contribution in [1.82, 2.24) is 10.2 Å². The maximum atomic E-state index is 11.9. The summed E-state index contributed by atoms with van der Waals surface area (Å²) in [4.78, 5) is 24.5. The Morgan fingerprint density at radius 3 is 2.68 bits per heavy atom. The van der Waals surface area contributed by atoms with Gasteiger partial charge in [0.1, 0.15) is 0 Å². The molecule has 19 heavy (non-hydrogen) atoms.